The van der Waals surface area contributed by atoms with E-state index in [0.29, 0.717) is 0 Å². The number of hydrogen-bond acceptors (Lipinski definition) is 3. The van der Waals surface area contributed by atoms with E-state index in [2.05, 4.69) is 9.64 Å². The molecule has 1 aliphatic rings. The van der Waals surface area contributed by atoms with Crippen LogP contribution in [0.25, 0.3) is 0 Å². The molecule has 0 spiro atoms. The van der Waals surface area contributed by atoms with Crippen LogP contribution < -0.4 is 10.5 Å². The van der Waals surface area contributed by atoms with Gasteiger partial charge in [-0.05, 0) is 39.3 Å². The van der Waals surface area contributed by atoms with Gasteiger partial charge in [0.15, 0.2) is 0 Å². The Hall–Kier alpha value is -1.20. The standard InChI is InChI=1S/C16H24F2N2O/c1-11(19)14-8-5-6-10-20(14)12(2)13-7-3-4-9-15(13)21-16(17)18/h3-4,7,9,11-12,14,16H,5-6,8,10,19H2,1-2H3. The molecular formula is C16H24F2N2O. The first-order valence-electron chi connectivity index (χ1n) is 7.55. The highest BCUT2D eigenvalue weighted by Crippen LogP contribution is 2.34. The molecule has 1 heterocycles. The van der Waals surface area contributed by atoms with Crippen LogP contribution in [0.1, 0.15) is 44.7 Å². The number of ether oxygens (including phenoxy) is 1. The average molecular weight is 298 g/mol. The monoisotopic (exact) mass is 298 g/mol. The van der Waals surface area contributed by atoms with Gasteiger partial charge >= 0.3 is 6.61 Å². The van der Waals surface area contributed by atoms with Crippen LogP contribution in [0, 0.1) is 0 Å². The lowest BCUT2D eigenvalue weighted by atomic mass is 9.93. The Morgan fingerprint density at radius 2 is 1.95 bits per heavy atom. The topological polar surface area (TPSA) is 38.5 Å². The summed E-state index contributed by atoms with van der Waals surface area (Å²) < 4.78 is 29.8. The molecule has 0 aliphatic carbocycles. The van der Waals surface area contributed by atoms with Gasteiger partial charge in [-0.3, -0.25) is 4.90 Å². The summed E-state index contributed by atoms with van der Waals surface area (Å²) in [7, 11) is 0. The van der Waals surface area contributed by atoms with E-state index in [0.717, 1.165) is 24.9 Å². The Bertz CT molecular complexity index is 454. The first-order chi connectivity index (χ1) is 10.0. The second-order valence-corrected chi connectivity index (χ2v) is 5.75. The third kappa shape index (κ3) is 3.92. The van der Waals surface area contributed by atoms with Gasteiger partial charge in [0.05, 0.1) is 0 Å². The molecule has 0 saturated carbocycles. The summed E-state index contributed by atoms with van der Waals surface area (Å²) in [5.74, 6) is 0.258. The molecule has 3 atom stereocenters. The molecule has 1 saturated heterocycles. The lowest BCUT2D eigenvalue weighted by molar-refractivity contribution is -0.0515. The van der Waals surface area contributed by atoms with Gasteiger partial charge in [0.1, 0.15) is 5.75 Å². The van der Waals surface area contributed by atoms with Crippen LogP contribution in [0.5, 0.6) is 5.75 Å². The van der Waals surface area contributed by atoms with Crippen molar-refractivity contribution in [1.82, 2.24) is 4.90 Å². The number of nitrogens with two attached hydrogens (primary N) is 1. The Balaban J connectivity index is 2.23. The quantitative estimate of drug-likeness (QED) is 0.903. The second kappa shape index (κ2) is 7.18. The molecule has 118 valence electrons. The van der Waals surface area contributed by atoms with Crippen molar-refractivity contribution in [2.45, 2.75) is 57.8 Å². The minimum atomic E-state index is -2.80. The van der Waals surface area contributed by atoms with Crippen molar-refractivity contribution >= 4 is 0 Å². The van der Waals surface area contributed by atoms with Gasteiger partial charge in [-0.25, -0.2) is 0 Å². The fourth-order valence-electron chi connectivity index (χ4n) is 3.23. The predicted molar refractivity (Wildman–Crippen MR) is 79.5 cm³/mol. The van der Waals surface area contributed by atoms with Gasteiger partial charge < -0.3 is 10.5 Å². The van der Waals surface area contributed by atoms with Crippen LogP contribution in [0.2, 0.25) is 0 Å². The molecule has 0 bridgehead atoms. The summed E-state index contributed by atoms with van der Waals surface area (Å²) in [4.78, 5) is 2.32. The molecule has 0 aromatic heterocycles. The van der Waals surface area contributed by atoms with Crippen molar-refractivity contribution in [2.24, 2.45) is 5.73 Å². The van der Waals surface area contributed by atoms with Crippen LogP contribution >= 0.6 is 0 Å². The Morgan fingerprint density at radius 3 is 2.62 bits per heavy atom. The van der Waals surface area contributed by atoms with Crippen LogP contribution in [0.4, 0.5) is 8.78 Å². The van der Waals surface area contributed by atoms with E-state index in [1.165, 1.54) is 6.42 Å². The molecule has 1 aromatic carbocycles. The Morgan fingerprint density at radius 1 is 1.24 bits per heavy atom. The van der Waals surface area contributed by atoms with Gasteiger partial charge in [0.25, 0.3) is 0 Å². The molecule has 2 N–H and O–H groups in total. The number of alkyl halides is 2. The fraction of sp³-hybridized carbons (Fsp3) is 0.625. The van der Waals surface area contributed by atoms with E-state index in [1.807, 2.05) is 26.0 Å². The first-order valence-corrected chi connectivity index (χ1v) is 7.55. The zero-order valence-corrected chi connectivity index (χ0v) is 12.6. The number of nitrogens with zero attached hydrogens (tertiary/aromatic N) is 1. The number of halogens is 2. The lowest BCUT2D eigenvalue weighted by Crippen LogP contribution is -2.49. The molecule has 1 aliphatic heterocycles. The van der Waals surface area contributed by atoms with E-state index in [-0.39, 0.29) is 23.9 Å². The maximum Gasteiger partial charge on any atom is 0.387 e. The highest BCUT2D eigenvalue weighted by atomic mass is 19.3. The van der Waals surface area contributed by atoms with Crippen LogP contribution in [-0.2, 0) is 0 Å². The second-order valence-electron chi connectivity index (χ2n) is 5.75. The highest BCUT2D eigenvalue weighted by molar-refractivity contribution is 5.36. The zero-order chi connectivity index (χ0) is 15.4. The summed E-state index contributed by atoms with van der Waals surface area (Å²) in [6, 6.07) is 7.39. The van der Waals surface area contributed by atoms with Crippen molar-refractivity contribution in [3.05, 3.63) is 29.8 Å². The predicted octanol–water partition coefficient (Wildman–Crippen LogP) is 3.55. The highest BCUT2D eigenvalue weighted by Gasteiger charge is 2.31. The largest absolute Gasteiger partial charge is 0.434 e. The SMILES string of the molecule is CC(N)C1CCCCN1C(C)c1ccccc1OC(F)F. The van der Waals surface area contributed by atoms with E-state index >= 15 is 0 Å². The Labute approximate surface area is 125 Å². The molecule has 1 fully saturated rings. The van der Waals surface area contributed by atoms with Gasteiger partial charge in [-0.1, -0.05) is 24.6 Å². The number of likely N-dealkylation sites (tertiary alicyclic amines) is 1. The normalized spacial score (nSPS) is 23.0. The van der Waals surface area contributed by atoms with E-state index < -0.39 is 6.61 Å². The van der Waals surface area contributed by atoms with Crippen molar-refractivity contribution in [1.29, 1.82) is 0 Å². The maximum absolute atomic E-state index is 12.6. The molecule has 3 nitrogen and oxygen atoms in total. The summed E-state index contributed by atoms with van der Waals surface area (Å²) in [6.45, 7) is 2.19. The summed E-state index contributed by atoms with van der Waals surface area (Å²) in [5, 5.41) is 0. The molecular weight excluding hydrogens is 274 g/mol. The van der Waals surface area contributed by atoms with Crippen LogP contribution in [-0.4, -0.2) is 30.1 Å². The summed E-state index contributed by atoms with van der Waals surface area (Å²) >= 11 is 0. The number of hydrogen-bond donors (Lipinski definition) is 1. The molecule has 2 rings (SSSR count). The fourth-order valence-corrected chi connectivity index (χ4v) is 3.23. The minimum absolute atomic E-state index is 0.0104. The molecule has 3 unspecified atom stereocenters. The smallest absolute Gasteiger partial charge is 0.387 e. The average Bonchev–Trinajstić information content (AvgIpc) is 2.46. The van der Waals surface area contributed by atoms with E-state index in [9.17, 15) is 8.78 Å². The molecule has 21 heavy (non-hydrogen) atoms. The van der Waals surface area contributed by atoms with Gasteiger partial charge in [-0.15, -0.1) is 0 Å². The third-order valence-electron chi connectivity index (χ3n) is 4.28. The van der Waals surface area contributed by atoms with Crippen molar-refractivity contribution in [2.75, 3.05) is 6.54 Å². The van der Waals surface area contributed by atoms with Crippen LogP contribution in [0.3, 0.4) is 0 Å². The van der Waals surface area contributed by atoms with Crippen molar-refractivity contribution in [3.63, 3.8) is 0 Å². The van der Waals surface area contributed by atoms with Crippen LogP contribution in [0.15, 0.2) is 24.3 Å². The lowest BCUT2D eigenvalue weighted by Gasteiger charge is -2.42. The summed E-state index contributed by atoms with van der Waals surface area (Å²) in [5.41, 5.74) is 6.90. The number of rotatable bonds is 5. The Kier molecular flexibility index (Phi) is 5.53. The molecule has 5 heteroatoms. The van der Waals surface area contributed by atoms with Gasteiger partial charge in [0, 0.05) is 23.7 Å². The summed E-state index contributed by atoms with van der Waals surface area (Å²) in [6.07, 6.45) is 3.34. The molecule has 0 amide bonds. The van der Waals surface area contributed by atoms with E-state index in [4.69, 9.17) is 5.73 Å². The first kappa shape index (κ1) is 16.2. The number of para-hydroxylation sites is 1. The molecule has 1 aromatic rings. The van der Waals surface area contributed by atoms with Gasteiger partial charge in [0.2, 0.25) is 0 Å². The zero-order valence-electron chi connectivity index (χ0n) is 12.6. The third-order valence-corrected chi connectivity index (χ3v) is 4.28. The van der Waals surface area contributed by atoms with Gasteiger partial charge in [-0.2, -0.15) is 8.78 Å². The molecule has 0 radical (unpaired) electrons. The maximum atomic E-state index is 12.6. The number of benzene rings is 1. The van der Waals surface area contributed by atoms with E-state index in [1.54, 1.807) is 12.1 Å². The minimum Gasteiger partial charge on any atom is -0.434 e. The van der Waals surface area contributed by atoms with Crippen molar-refractivity contribution < 1.29 is 13.5 Å². The number of piperidine rings is 1. The van der Waals surface area contributed by atoms with Crippen molar-refractivity contribution in [3.8, 4) is 5.75 Å².